The third kappa shape index (κ3) is 3.18. The predicted molar refractivity (Wildman–Crippen MR) is 110 cm³/mol. The summed E-state index contributed by atoms with van der Waals surface area (Å²) in [6.45, 7) is 2.14. The number of aryl methyl sites for hydroxylation is 1. The van der Waals surface area contributed by atoms with E-state index in [2.05, 4.69) is 30.5 Å². The third-order valence-electron chi connectivity index (χ3n) is 5.73. The Labute approximate surface area is 173 Å². The van der Waals surface area contributed by atoms with Gasteiger partial charge in [0.2, 0.25) is 5.91 Å². The summed E-state index contributed by atoms with van der Waals surface area (Å²) in [5.74, 6) is 1.81. The molecule has 3 aromatic heterocycles. The molecule has 2 aliphatic rings. The summed E-state index contributed by atoms with van der Waals surface area (Å²) in [5, 5.41) is 10.9. The van der Waals surface area contributed by atoms with Crippen molar-refractivity contribution in [3.8, 4) is 22.8 Å². The third-order valence-corrected chi connectivity index (χ3v) is 5.73. The quantitative estimate of drug-likeness (QED) is 0.674. The van der Waals surface area contributed by atoms with E-state index in [0.717, 1.165) is 30.5 Å². The lowest BCUT2D eigenvalue weighted by Gasteiger charge is -2.33. The number of rotatable bonds is 4. The first-order valence-corrected chi connectivity index (χ1v) is 9.94. The number of ether oxygens (including phenoxy) is 1. The number of carbonyl (C=O) groups is 1. The minimum Gasteiger partial charge on any atom is -0.381 e. The van der Waals surface area contributed by atoms with Crippen molar-refractivity contribution < 1.29 is 9.53 Å². The molecule has 154 valence electrons. The summed E-state index contributed by atoms with van der Waals surface area (Å²) in [6, 6.07) is 3.88. The second kappa shape index (κ2) is 7.45. The molecule has 0 radical (unpaired) electrons. The Balaban J connectivity index is 1.51. The van der Waals surface area contributed by atoms with Crippen molar-refractivity contribution in [2.75, 3.05) is 23.9 Å². The average molecular weight is 406 g/mol. The number of pyridine rings is 1. The first kappa shape index (κ1) is 18.6. The number of methoxy groups -OCH3 is 1. The van der Waals surface area contributed by atoms with Gasteiger partial charge in [-0.25, -0.2) is 15.0 Å². The lowest BCUT2D eigenvalue weighted by Crippen LogP contribution is -2.46. The second-order valence-corrected chi connectivity index (χ2v) is 7.54. The van der Waals surface area contributed by atoms with Crippen molar-refractivity contribution in [3.05, 3.63) is 30.4 Å². The van der Waals surface area contributed by atoms with Crippen molar-refractivity contribution >= 4 is 17.5 Å². The molecule has 3 aromatic rings. The van der Waals surface area contributed by atoms with E-state index in [1.165, 1.54) is 6.33 Å². The van der Waals surface area contributed by atoms with Crippen LogP contribution in [0.4, 0.5) is 11.6 Å². The van der Waals surface area contributed by atoms with Crippen molar-refractivity contribution in [2.24, 2.45) is 0 Å². The number of fused-ring (bicyclic) bond motifs is 1. The van der Waals surface area contributed by atoms with Crippen LogP contribution in [0.2, 0.25) is 0 Å². The number of nitrogens with one attached hydrogen (secondary N) is 2. The van der Waals surface area contributed by atoms with E-state index in [9.17, 15) is 4.79 Å². The number of aromatic amines is 1. The SMILES string of the molecule is CO[C@@H]1CC[C@H](N2C(=O)CNc3ncc(-c4ccc(-c5nnc[nH]5)nc4C)nc32)C1. The fraction of sp³-hybridized carbons (Fsp3) is 0.400. The molecule has 0 spiro atoms. The van der Waals surface area contributed by atoms with Crippen molar-refractivity contribution in [2.45, 2.75) is 38.3 Å². The Morgan fingerprint density at radius 1 is 1.20 bits per heavy atom. The molecule has 10 nitrogen and oxygen atoms in total. The van der Waals surface area contributed by atoms with E-state index in [4.69, 9.17) is 9.72 Å². The largest absolute Gasteiger partial charge is 0.381 e. The van der Waals surface area contributed by atoms with Gasteiger partial charge >= 0.3 is 0 Å². The molecule has 1 amide bonds. The smallest absolute Gasteiger partial charge is 0.247 e. The molecule has 1 aliphatic heterocycles. The van der Waals surface area contributed by atoms with Gasteiger partial charge in [-0.2, -0.15) is 0 Å². The molecule has 0 saturated heterocycles. The van der Waals surface area contributed by atoms with Crippen molar-refractivity contribution in [3.63, 3.8) is 0 Å². The van der Waals surface area contributed by atoms with Crippen LogP contribution in [-0.4, -0.2) is 61.8 Å². The van der Waals surface area contributed by atoms with Crippen LogP contribution in [0.15, 0.2) is 24.7 Å². The highest BCUT2D eigenvalue weighted by Crippen LogP contribution is 2.35. The highest BCUT2D eigenvalue weighted by Gasteiger charge is 2.37. The van der Waals surface area contributed by atoms with Crippen LogP contribution in [0.1, 0.15) is 25.0 Å². The summed E-state index contributed by atoms with van der Waals surface area (Å²) >= 11 is 0. The van der Waals surface area contributed by atoms with Gasteiger partial charge in [-0.05, 0) is 38.3 Å². The number of hydrogen-bond donors (Lipinski definition) is 2. The van der Waals surface area contributed by atoms with Gasteiger partial charge in [0.15, 0.2) is 17.5 Å². The van der Waals surface area contributed by atoms with E-state index in [0.29, 0.717) is 28.8 Å². The highest BCUT2D eigenvalue weighted by atomic mass is 16.5. The second-order valence-electron chi connectivity index (χ2n) is 7.54. The van der Waals surface area contributed by atoms with Gasteiger partial charge in [0.25, 0.3) is 0 Å². The molecule has 1 fully saturated rings. The Morgan fingerprint density at radius 2 is 2.10 bits per heavy atom. The van der Waals surface area contributed by atoms with Gasteiger partial charge in [-0.1, -0.05) is 0 Å². The molecule has 4 heterocycles. The Hall–Kier alpha value is -3.40. The number of nitrogens with zero attached hydrogens (tertiary/aromatic N) is 6. The summed E-state index contributed by atoms with van der Waals surface area (Å²) in [5.41, 5.74) is 3.02. The minimum absolute atomic E-state index is 0.00576. The summed E-state index contributed by atoms with van der Waals surface area (Å²) in [6.07, 6.45) is 6.04. The topological polar surface area (TPSA) is 122 Å². The standard InChI is InChI=1S/C20H22N8O2/c1-11-14(5-6-15(25-11)18-23-10-24-27-18)16-8-21-19-20(26-16)28(17(29)9-22-19)12-3-4-13(7-12)30-2/h5-6,8,10,12-13H,3-4,7,9H2,1-2H3,(H,21,22)(H,23,24,27)/t12-,13+/m0/s1. The maximum absolute atomic E-state index is 12.8. The Morgan fingerprint density at radius 3 is 2.83 bits per heavy atom. The number of amides is 1. The van der Waals surface area contributed by atoms with E-state index in [1.54, 1.807) is 18.2 Å². The molecule has 0 unspecified atom stereocenters. The van der Waals surface area contributed by atoms with Crippen LogP contribution in [0.3, 0.4) is 0 Å². The van der Waals surface area contributed by atoms with Crippen LogP contribution >= 0.6 is 0 Å². The van der Waals surface area contributed by atoms with Gasteiger partial charge in [0, 0.05) is 24.4 Å². The summed E-state index contributed by atoms with van der Waals surface area (Å²) in [4.78, 5) is 31.5. The van der Waals surface area contributed by atoms with Gasteiger partial charge in [0.05, 0.1) is 24.5 Å². The van der Waals surface area contributed by atoms with Gasteiger partial charge in [-0.3, -0.25) is 9.69 Å². The number of hydrogen-bond acceptors (Lipinski definition) is 8. The molecule has 0 aromatic carbocycles. The monoisotopic (exact) mass is 406 g/mol. The normalized spacial score (nSPS) is 20.9. The van der Waals surface area contributed by atoms with E-state index in [1.807, 2.05) is 19.1 Å². The molecule has 30 heavy (non-hydrogen) atoms. The molecule has 0 bridgehead atoms. The number of carbonyl (C=O) groups excluding carboxylic acids is 1. The summed E-state index contributed by atoms with van der Waals surface area (Å²) < 4.78 is 5.50. The van der Waals surface area contributed by atoms with Gasteiger partial charge in [0.1, 0.15) is 12.0 Å². The Bertz CT molecular complexity index is 1080. The summed E-state index contributed by atoms with van der Waals surface area (Å²) in [7, 11) is 1.72. The van der Waals surface area contributed by atoms with Crippen LogP contribution in [0, 0.1) is 6.92 Å². The maximum Gasteiger partial charge on any atom is 0.247 e. The molecule has 2 N–H and O–H groups in total. The molecular weight excluding hydrogens is 384 g/mol. The van der Waals surface area contributed by atoms with Crippen LogP contribution in [-0.2, 0) is 9.53 Å². The fourth-order valence-corrected chi connectivity index (χ4v) is 4.20. The highest BCUT2D eigenvalue weighted by molar-refractivity contribution is 6.01. The number of aromatic nitrogens is 6. The molecule has 1 aliphatic carbocycles. The van der Waals surface area contributed by atoms with E-state index >= 15 is 0 Å². The van der Waals surface area contributed by atoms with Crippen molar-refractivity contribution in [1.82, 2.24) is 30.1 Å². The zero-order valence-electron chi connectivity index (χ0n) is 16.8. The fourth-order valence-electron chi connectivity index (χ4n) is 4.20. The lowest BCUT2D eigenvalue weighted by atomic mass is 10.1. The molecule has 10 heteroatoms. The zero-order chi connectivity index (χ0) is 20.7. The predicted octanol–water partition coefficient (Wildman–Crippen LogP) is 1.96. The van der Waals surface area contributed by atoms with E-state index < -0.39 is 0 Å². The van der Waals surface area contributed by atoms with Crippen molar-refractivity contribution in [1.29, 1.82) is 0 Å². The molecular formula is C20H22N8O2. The van der Waals surface area contributed by atoms with Crippen LogP contribution < -0.4 is 10.2 Å². The molecule has 2 atom stereocenters. The average Bonchev–Trinajstić information content (AvgIpc) is 3.45. The first-order chi connectivity index (χ1) is 14.6. The Kier molecular flexibility index (Phi) is 4.62. The maximum atomic E-state index is 12.8. The lowest BCUT2D eigenvalue weighted by molar-refractivity contribution is -0.117. The van der Waals surface area contributed by atoms with Crippen LogP contribution in [0.5, 0.6) is 0 Å². The number of anilines is 2. The molecule has 1 saturated carbocycles. The molecule has 5 rings (SSSR count). The van der Waals surface area contributed by atoms with Crippen LogP contribution in [0.25, 0.3) is 22.8 Å². The van der Waals surface area contributed by atoms with E-state index in [-0.39, 0.29) is 24.6 Å². The number of H-pyrrole nitrogens is 1. The minimum atomic E-state index is 0.00576. The zero-order valence-corrected chi connectivity index (χ0v) is 16.8. The first-order valence-electron chi connectivity index (χ1n) is 9.94. The van der Waals surface area contributed by atoms with Gasteiger partial charge in [-0.15, -0.1) is 10.2 Å². The van der Waals surface area contributed by atoms with Gasteiger partial charge < -0.3 is 15.0 Å².